The molecule has 2 saturated heterocycles. The summed E-state index contributed by atoms with van der Waals surface area (Å²) in [6.45, 7) is 8.66. The van der Waals surface area contributed by atoms with Crippen molar-refractivity contribution in [3.8, 4) is 0 Å². The van der Waals surface area contributed by atoms with Gasteiger partial charge < -0.3 is 19.8 Å². The van der Waals surface area contributed by atoms with Gasteiger partial charge in [-0.15, -0.1) is 35.3 Å². The summed E-state index contributed by atoms with van der Waals surface area (Å²) in [6.07, 6.45) is 4.54. The van der Waals surface area contributed by atoms with Crippen LogP contribution < -0.4 is 10.6 Å². The van der Waals surface area contributed by atoms with Gasteiger partial charge in [-0.2, -0.15) is 0 Å². The number of ether oxygens (including phenoxy) is 1. The second-order valence-electron chi connectivity index (χ2n) is 8.32. The monoisotopic (exact) mass is 573 g/mol. The van der Waals surface area contributed by atoms with Crippen molar-refractivity contribution in [3.63, 3.8) is 0 Å². The zero-order valence-corrected chi connectivity index (χ0v) is 22.2. The molecular formula is C23H36IN5O2S. The molecule has 0 radical (unpaired) electrons. The van der Waals surface area contributed by atoms with E-state index in [-0.39, 0.29) is 36.1 Å². The Kier molecular flexibility index (Phi) is 10.3. The number of hydrogen-bond donors (Lipinski definition) is 2. The van der Waals surface area contributed by atoms with Crippen LogP contribution in [0.15, 0.2) is 45.3 Å². The molecule has 0 amide bonds. The van der Waals surface area contributed by atoms with Crippen LogP contribution >= 0.6 is 35.3 Å². The number of rotatable bonds is 8. The lowest BCUT2D eigenvalue weighted by Gasteiger charge is -2.37. The number of thiophene rings is 1. The minimum atomic E-state index is 0. The maximum absolute atomic E-state index is 5.76. The first-order chi connectivity index (χ1) is 15.2. The topological polar surface area (TPSA) is 65.3 Å². The number of halogens is 1. The van der Waals surface area contributed by atoms with E-state index in [0.29, 0.717) is 6.04 Å². The molecule has 0 spiro atoms. The maximum atomic E-state index is 5.76. The Labute approximate surface area is 212 Å². The average Bonchev–Trinajstić information content (AvgIpc) is 3.57. The molecule has 178 valence electrons. The first-order valence-electron chi connectivity index (χ1n) is 11.4. The van der Waals surface area contributed by atoms with E-state index in [9.17, 15) is 0 Å². The predicted molar refractivity (Wildman–Crippen MR) is 141 cm³/mol. The molecule has 32 heavy (non-hydrogen) atoms. The molecule has 4 rings (SSSR count). The molecule has 2 aliphatic heterocycles. The normalized spacial score (nSPS) is 22.3. The highest BCUT2D eigenvalue weighted by molar-refractivity contribution is 14.0. The van der Waals surface area contributed by atoms with Crippen molar-refractivity contribution >= 4 is 41.3 Å². The van der Waals surface area contributed by atoms with Crippen molar-refractivity contribution < 1.29 is 9.15 Å². The zero-order chi connectivity index (χ0) is 21.5. The lowest BCUT2D eigenvalue weighted by Crippen LogP contribution is -2.48. The smallest absolute Gasteiger partial charge is 0.191 e. The van der Waals surface area contributed by atoms with Gasteiger partial charge in [0.05, 0.1) is 31.1 Å². The molecule has 3 unspecified atom stereocenters. The molecule has 0 saturated carbocycles. The molecular weight excluding hydrogens is 537 g/mol. The fourth-order valence-electron chi connectivity index (χ4n) is 4.57. The lowest BCUT2D eigenvalue weighted by atomic mass is 10.1. The molecule has 2 aromatic rings. The van der Waals surface area contributed by atoms with E-state index in [1.165, 1.54) is 17.7 Å². The summed E-state index contributed by atoms with van der Waals surface area (Å²) in [6, 6.07) is 8.95. The molecule has 2 fully saturated rings. The van der Waals surface area contributed by atoms with E-state index in [1.54, 1.807) is 6.26 Å². The molecule has 2 aromatic heterocycles. The quantitative estimate of drug-likeness (QED) is 0.285. The summed E-state index contributed by atoms with van der Waals surface area (Å²) in [5, 5.41) is 9.28. The van der Waals surface area contributed by atoms with Crippen LogP contribution in [0, 0.1) is 0 Å². The van der Waals surface area contributed by atoms with Gasteiger partial charge in [0.1, 0.15) is 5.76 Å². The molecule has 0 bridgehead atoms. The first-order valence-corrected chi connectivity index (χ1v) is 12.2. The summed E-state index contributed by atoms with van der Waals surface area (Å²) >= 11 is 1.82. The molecule has 0 aromatic carbocycles. The van der Waals surface area contributed by atoms with E-state index in [2.05, 4.69) is 55.9 Å². The van der Waals surface area contributed by atoms with Crippen molar-refractivity contribution in [2.75, 3.05) is 52.9 Å². The van der Waals surface area contributed by atoms with Gasteiger partial charge in [-0.1, -0.05) is 6.07 Å². The Bertz CT molecular complexity index is 795. The standard InChI is InChI=1S/C23H35N5O2S.HI/c1-18-17-28(11-13-29-18)20(22-8-6-14-31-22)16-26-23(24-2)25-15-19(21-7-5-12-30-21)27-9-3-4-10-27;/h5-8,12,14,18-20H,3-4,9-11,13,15-17H2,1-2H3,(H2,24,25,26);1H. The van der Waals surface area contributed by atoms with Gasteiger partial charge in [0.2, 0.25) is 0 Å². The Hall–Kier alpha value is -1.14. The van der Waals surface area contributed by atoms with Gasteiger partial charge in [-0.25, -0.2) is 0 Å². The second kappa shape index (κ2) is 12.9. The summed E-state index contributed by atoms with van der Waals surface area (Å²) < 4.78 is 11.5. The Morgan fingerprint density at radius 1 is 1.12 bits per heavy atom. The number of likely N-dealkylation sites (tertiary alicyclic amines) is 1. The van der Waals surface area contributed by atoms with Crippen molar-refractivity contribution in [1.29, 1.82) is 0 Å². The molecule has 9 heteroatoms. The third-order valence-electron chi connectivity index (χ3n) is 6.19. The number of furan rings is 1. The summed E-state index contributed by atoms with van der Waals surface area (Å²) in [5.74, 6) is 1.85. The molecule has 0 aliphatic carbocycles. The number of morpholine rings is 1. The van der Waals surface area contributed by atoms with Crippen LogP contribution in [0.25, 0.3) is 0 Å². The molecule has 3 atom stereocenters. The predicted octanol–water partition coefficient (Wildman–Crippen LogP) is 3.72. The van der Waals surface area contributed by atoms with Crippen LogP contribution in [0.1, 0.15) is 42.5 Å². The second-order valence-corrected chi connectivity index (χ2v) is 9.30. The number of nitrogens with zero attached hydrogens (tertiary/aromatic N) is 3. The van der Waals surface area contributed by atoms with Crippen LogP contribution in [0.2, 0.25) is 0 Å². The van der Waals surface area contributed by atoms with Crippen LogP contribution in [-0.2, 0) is 4.74 Å². The summed E-state index contributed by atoms with van der Waals surface area (Å²) in [7, 11) is 1.84. The Morgan fingerprint density at radius 2 is 1.91 bits per heavy atom. The highest BCUT2D eigenvalue weighted by atomic mass is 127. The number of hydrogen-bond acceptors (Lipinski definition) is 6. The molecule has 2 aliphatic rings. The fourth-order valence-corrected chi connectivity index (χ4v) is 5.43. The molecule has 2 N–H and O–H groups in total. The number of aliphatic imine (C=N–C) groups is 1. The first kappa shape index (κ1) is 25.5. The van der Waals surface area contributed by atoms with E-state index >= 15 is 0 Å². The van der Waals surface area contributed by atoms with Crippen LogP contribution in [0.5, 0.6) is 0 Å². The van der Waals surface area contributed by atoms with Gasteiger partial charge in [-0.05, 0) is 56.4 Å². The van der Waals surface area contributed by atoms with Crippen molar-refractivity contribution in [2.45, 2.75) is 38.0 Å². The minimum absolute atomic E-state index is 0. The summed E-state index contributed by atoms with van der Waals surface area (Å²) in [4.78, 5) is 10.9. The lowest BCUT2D eigenvalue weighted by molar-refractivity contribution is -0.0334. The molecule has 4 heterocycles. The number of nitrogens with one attached hydrogen (secondary N) is 2. The largest absolute Gasteiger partial charge is 0.468 e. The minimum Gasteiger partial charge on any atom is -0.468 e. The zero-order valence-electron chi connectivity index (χ0n) is 19.0. The van der Waals surface area contributed by atoms with Crippen LogP contribution in [0.3, 0.4) is 0 Å². The van der Waals surface area contributed by atoms with E-state index in [4.69, 9.17) is 9.15 Å². The highest BCUT2D eigenvalue weighted by Gasteiger charge is 2.28. The van der Waals surface area contributed by atoms with Gasteiger partial charge in [0.25, 0.3) is 0 Å². The van der Waals surface area contributed by atoms with Crippen molar-refractivity contribution in [2.24, 2.45) is 4.99 Å². The number of guanidine groups is 1. The Morgan fingerprint density at radius 3 is 2.53 bits per heavy atom. The fraction of sp³-hybridized carbons (Fsp3) is 0.609. The van der Waals surface area contributed by atoms with Crippen molar-refractivity contribution in [3.05, 3.63) is 46.5 Å². The third kappa shape index (κ3) is 6.69. The van der Waals surface area contributed by atoms with Crippen molar-refractivity contribution in [1.82, 2.24) is 20.4 Å². The average molecular weight is 574 g/mol. The highest BCUT2D eigenvalue weighted by Crippen LogP contribution is 2.27. The van der Waals surface area contributed by atoms with E-state index < -0.39 is 0 Å². The van der Waals surface area contributed by atoms with Gasteiger partial charge >= 0.3 is 0 Å². The van der Waals surface area contributed by atoms with Gasteiger partial charge in [0.15, 0.2) is 5.96 Å². The van der Waals surface area contributed by atoms with Crippen LogP contribution in [-0.4, -0.2) is 74.8 Å². The van der Waals surface area contributed by atoms with Gasteiger partial charge in [-0.3, -0.25) is 14.8 Å². The Balaban J connectivity index is 0.00000289. The van der Waals surface area contributed by atoms with Crippen LogP contribution in [0.4, 0.5) is 0 Å². The van der Waals surface area contributed by atoms with Gasteiger partial charge in [0, 0.05) is 38.1 Å². The third-order valence-corrected chi connectivity index (χ3v) is 7.16. The van der Waals surface area contributed by atoms with E-state index in [0.717, 1.165) is 57.6 Å². The molecule has 7 nitrogen and oxygen atoms in total. The summed E-state index contributed by atoms with van der Waals surface area (Å²) in [5.41, 5.74) is 0. The maximum Gasteiger partial charge on any atom is 0.191 e. The SMILES string of the molecule is CN=C(NCC(c1ccco1)N1CCCC1)NCC(c1cccs1)N1CCOC(C)C1.I. The van der Waals surface area contributed by atoms with E-state index in [1.807, 2.05) is 24.5 Å².